The Labute approximate surface area is 231 Å². The van der Waals surface area contributed by atoms with Gasteiger partial charge in [-0.2, -0.15) is 0 Å². The van der Waals surface area contributed by atoms with E-state index in [2.05, 4.69) is 0 Å². The van der Waals surface area contributed by atoms with Crippen molar-refractivity contribution in [3.05, 3.63) is 126 Å². The summed E-state index contributed by atoms with van der Waals surface area (Å²) in [4.78, 5) is 32.3. The number of hydrogen-bond acceptors (Lipinski definition) is 4. The monoisotopic (exact) mass is 528 g/mol. The number of aromatic nitrogens is 1. The lowest BCUT2D eigenvalue weighted by molar-refractivity contribution is -0.121. The number of halogens is 1. The SMILES string of the molecule is Cc1ccc(-c2cc(-c3ccc(F)cc3)cc(-c3ccc4c(c3)N(CC(=O)c3ccccc3)C(=O)CO4)n2)cc1. The van der Waals surface area contributed by atoms with Crippen molar-refractivity contribution in [2.24, 2.45) is 0 Å². The quantitative estimate of drug-likeness (QED) is 0.220. The number of benzene rings is 4. The van der Waals surface area contributed by atoms with E-state index < -0.39 is 0 Å². The van der Waals surface area contributed by atoms with E-state index in [4.69, 9.17) is 9.72 Å². The molecule has 4 aromatic carbocycles. The lowest BCUT2D eigenvalue weighted by Gasteiger charge is -2.29. The Hall–Kier alpha value is -5.10. The highest BCUT2D eigenvalue weighted by atomic mass is 19.1. The average Bonchev–Trinajstić information content (AvgIpc) is 2.99. The van der Waals surface area contributed by atoms with E-state index in [-0.39, 0.29) is 30.7 Å². The number of nitrogens with zero attached hydrogens (tertiary/aromatic N) is 2. The Balaban J connectivity index is 1.43. The van der Waals surface area contributed by atoms with Crippen LogP contribution in [0.25, 0.3) is 33.6 Å². The first kappa shape index (κ1) is 25.2. The van der Waals surface area contributed by atoms with Gasteiger partial charge in [0.1, 0.15) is 11.6 Å². The second-order valence-corrected chi connectivity index (χ2v) is 9.74. The van der Waals surface area contributed by atoms with Gasteiger partial charge in [0.05, 0.1) is 23.6 Å². The van der Waals surface area contributed by atoms with E-state index in [0.29, 0.717) is 22.7 Å². The van der Waals surface area contributed by atoms with Crippen LogP contribution in [-0.4, -0.2) is 29.8 Å². The fourth-order valence-corrected chi connectivity index (χ4v) is 4.75. The Bertz CT molecular complexity index is 1650. The van der Waals surface area contributed by atoms with Crippen molar-refractivity contribution >= 4 is 17.4 Å². The summed E-state index contributed by atoms with van der Waals surface area (Å²) in [7, 11) is 0. The zero-order valence-electron chi connectivity index (χ0n) is 21.8. The van der Waals surface area contributed by atoms with Crippen LogP contribution < -0.4 is 9.64 Å². The molecule has 1 aromatic heterocycles. The number of amides is 1. The number of fused-ring (bicyclic) bond motifs is 1. The zero-order valence-corrected chi connectivity index (χ0v) is 21.8. The minimum absolute atomic E-state index is 0.0969. The minimum atomic E-state index is -0.304. The number of carbonyl (C=O) groups excluding carboxylic acids is 2. The Morgan fingerprint density at radius 3 is 2.17 bits per heavy atom. The highest BCUT2D eigenvalue weighted by molar-refractivity contribution is 6.07. The molecule has 0 aliphatic carbocycles. The van der Waals surface area contributed by atoms with Gasteiger partial charge in [-0.25, -0.2) is 9.37 Å². The zero-order chi connectivity index (χ0) is 27.6. The van der Waals surface area contributed by atoms with Crippen LogP contribution in [0.3, 0.4) is 0 Å². The number of rotatable bonds is 6. The molecule has 40 heavy (non-hydrogen) atoms. The normalized spacial score (nSPS) is 12.6. The number of pyridine rings is 1. The molecule has 1 amide bonds. The molecular formula is C34H25FN2O3. The number of ether oxygens (including phenoxy) is 1. The van der Waals surface area contributed by atoms with E-state index in [1.807, 2.05) is 61.5 Å². The van der Waals surface area contributed by atoms with Gasteiger partial charge in [0, 0.05) is 16.7 Å². The largest absolute Gasteiger partial charge is 0.482 e. The molecule has 5 aromatic rings. The summed E-state index contributed by atoms with van der Waals surface area (Å²) in [6.07, 6.45) is 0. The predicted octanol–water partition coefficient (Wildman–Crippen LogP) is 7.14. The van der Waals surface area contributed by atoms with Crippen molar-refractivity contribution in [1.29, 1.82) is 0 Å². The van der Waals surface area contributed by atoms with E-state index >= 15 is 0 Å². The number of ketones is 1. The molecule has 0 radical (unpaired) electrons. The molecule has 2 heterocycles. The van der Waals surface area contributed by atoms with E-state index in [0.717, 1.165) is 33.5 Å². The van der Waals surface area contributed by atoms with Crippen LogP contribution in [0.2, 0.25) is 0 Å². The predicted molar refractivity (Wildman–Crippen MR) is 154 cm³/mol. The maximum atomic E-state index is 13.7. The number of aryl methyl sites for hydroxylation is 1. The molecule has 0 unspecified atom stereocenters. The van der Waals surface area contributed by atoms with Gasteiger partial charge in [-0.15, -0.1) is 0 Å². The molecule has 0 bridgehead atoms. The third-order valence-corrected chi connectivity index (χ3v) is 6.95. The molecule has 0 spiro atoms. The van der Waals surface area contributed by atoms with Crippen LogP contribution >= 0.6 is 0 Å². The van der Waals surface area contributed by atoms with Crippen molar-refractivity contribution in [3.63, 3.8) is 0 Å². The van der Waals surface area contributed by atoms with Crippen molar-refractivity contribution < 1.29 is 18.7 Å². The second-order valence-electron chi connectivity index (χ2n) is 9.74. The number of carbonyl (C=O) groups is 2. The summed E-state index contributed by atoms with van der Waals surface area (Å²) in [6, 6.07) is 32.8. The molecule has 1 aliphatic rings. The minimum Gasteiger partial charge on any atom is -0.482 e. The van der Waals surface area contributed by atoms with Crippen LogP contribution in [0.15, 0.2) is 109 Å². The topological polar surface area (TPSA) is 59.5 Å². The Kier molecular flexibility index (Phi) is 6.66. The highest BCUT2D eigenvalue weighted by Crippen LogP contribution is 2.37. The summed E-state index contributed by atoms with van der Waals surface area (Å²) >= 11 is 0. The maximum absolute atomic E-state index is 13.7. The Morgan fingerprint density at radius 2 is 1.45 bits per heavy atom. The molecule has 0 saturated carbocycles. The summed E-state index contributed by atoms with van der Waals surface area (Å²) < 4.78 is 19.4. The molecule has 196 valence electrons. The second kappa shape index (κ2) is 10.6. The number of hydrogen-bond donors (Lipinski definition) is 0. The highest BCUT2D eigenvalue weighted by Gasteiger charge is 2.28. The first-order valence-electron chi connectivity index (χ1n) is 13.0. The number of Topliss-reactive ketones (excluding diaryl/α,β-unsaturated/α-hetero) is 1. The van der Waals surface area contributed by atoms with Crippen LogP contribution in [-0.2, 0) is 4.79 Å². The van der Waals surface area contributed by atoms with Gasteiger partial charge in [0.15, 0.2) is 12.4 Å². The average molecular weight is 529 g/mol. The molecule has 0 atom stereocenters. The van der Waals surface area contributed by atoms with Gasteiger partial charge in [-0.1, -0.05) is 72.3 Å². The van der Waals surface area contributed by atoms with Gasteiger partial charge >= 0.3 is 0 Å². The lowest BCUT2D eigenvalue weighted by atomic mass is 9.99. The standard InChI is InChI=1S/C34H25FN2O3/c1-22-7-9-24(10-8-22)29-17-27(23-11-14-28(35)15-12-23)18-30(36-29)26-13-16-33-31(19-26)37(34(39)21-40-33)20-32(38)25-5-3-2-4-6-25/h2-19H,20-21H2,1H3. The van der Waals surface area contributed by atoms with Crippen molar-refractivity contribution in [1.82, 2.24) is 4.98 Å². The van der Waals surface area contributed by atoms with Gasteiger partial charge in [0.2, 0.25) is 0 Å². The van der Waals surface area contributed by atoms with Crippen molar-refractivity contribution in [2.75, 3.05) is 18.1 Å². The van der Waals surface area contributed by atoms with Crippen LogP contribution in [0.5, 0.6) is 5.75 Å². The van der Waals surface area contributed by atoms with E-state index in [1.165, 1.54) is 17.0 Å². The van der Waals surface area contributed by atoms with E-state index in [1.54, 1.807) is 42.5 Å². The van der Waals surface area contributed by atoms with E-state index in [9.17, 15) is 14.0 Å². The summed E-state index contributed by atoms with van der Waals surface area (Å²) in [5, 5.41) is 0. The van der Waals surface area contributed by atoms with Gasteiger partial charge in [-0.3, -0.25) is 14.5 Å². The first-order valence-corrected chi connectivity index (χ1v) is 13.0. The molecule has 1 aliphatic heterocycles. The molecule has 6 heteroatoms. The summed E-state index contributed by atoms with van der Waals surface area (Å²) in [5.41, 5.74) is 7.06. The molecule has 5 nitrogen and oxygen atoms in total. The number of anilines is 1. The Morgan fingerprint density at radius 1 is 0.800 bits per heavy atom. The van der Waals surface area contributed by atoms with Crippen molar-refractivity contribution in [3.8, 4) is 39.4 Å². The fourth-order valence-electron chi connectivity index (χ4n) is 4.75. The molecule has 0 fully saturated rings. The lowest BCUT2D eigenvalue weighted by Crippen LogP contribution is -2.42. The van der Waals surface area contributed by atoms with Gasteiger partial charge in [-0.05, 0) is 60.5 Å². The van der Waals surface area contributed by atoms with Crippen LogP contribution in [0.4, 0.5) is 10.1 Å². The summed E-state index contributed by atoms with van der Waals surface area (Å²) in [6.45, 7) is 1.80. The molecular weight excluding hydrogens is 503 g/mol. The maximum Gasteiger partial charge on any atom is 0.265 e. The third-order valence-electron chi connectivity index (χ3n) is 6.95. The van der Waals surface area contributed by atoms with Crippen molar-refractivity contribution in [2.45, 2.75) is 6.92 Å². The molecule has 0 N–H and O–H groups in total. The van der Waals surface area contributed by atoms with Crippen LogP contribution in [0.1, 0.15) is 15.9 Å². The summed E-state index contributed by atoms with van der Waals surface area (Å²) in [5.74, 6) is -0.230. The smallest absolute Gasteiger partial charge is 0.265 e. The van der Waals surface area contributed by atoms with Crippen LogP contribution in [0, 0.1) is 12.7 Å². The fraction of sp³-hybridized carbons (Fsp3) is 0.0882. The first-order chi connectivity index (χ1) is 19.4. The van der Waals surface area contributed by atoms with Gasteiger partial charge < -0.3 is 4.74 Å². The van der Waals surface area contributed by atoms with Gasteiger partial charge in [0.25, 0.3) is 5.91 Å². The molecule has 0 saturated heterocycles. The molecule has 6 rings (SSSR count). The third kappa shape index (κ3) is 5.12.